The van der Waals surface area contributed by atoms with Gasteiger partial charge in [-0.3, -0.25) is 4.79 Å². The monoisotopic (exact) mass is 116 g/mol. The van der Waals surface area contributed by atoms with Gasteiger partial charge in [-0.05, 0) is 0 Å². The zero-order valence-corrected chi connectivity index (χ0v) is 4.55. The van der Waals surface area contributed by atoms with Crippen molar-refractivity contribution >= 4 is 5.97 Å². The van der Waals surface area contributed by atoms with Gasteiger partial charge in [0.1, 0.15) is 0 Å². The fourth-order valence-electron chi connectivity index (χ4n) is 0.200. The average molecular weight is 116 g/mol. The Kier molecular flexibility index (Phi) is 2.47. The maximum atomic E-state index is 10.0. The van der Waals surface area contributed by atoms with E-state index in [2.05, 4.69) is 4.74 Å². The van der Waals surface area contributed by atoms with Crippen LogP contribution in [0.4, 0.5) is 0 Å². The first-order valence-electron chi connectivity index (χ1n) is 2.02. The van der Waals surface area contributed by atoms with Gasteiger partial charge in [0.2, 0.25) is 5.88 Å². The van der Waals surface area contributed by atoms with Crippen LogP contribution >= 0.6 is 0 Å². The van der Waals surface area contributed by atoms with Crippen LogP contribution < -0.4 is 11.5 Å². The van der Waals surface area contributed by atoms with Crippen LogP contribution in [-0.2, 0) is 9.53 Å². The molecule has 0 rings (SSSR count). The summed E-state index contributed by atoms with van der Waals surface area (Å²) in [6, 6.07) is 0. The second kappa shape index (κ2) is 2.90. The lowest BCUT2D eigenvalue weighted by molar-refractivity contribution is -0.136. The molecule has 8 heavy (non-hydrogen) atoms. The first-order valence-corrected chi connectivity index (χ1v) is 2.02. The van der Waals surface area contributed by atoms with E-state index in [1.807, 2.05) is 0 Å². The molecule has 0 saturated heterocycles. The van der Waals surface area contributed by atoms with Gasteiger partial charge < -0.3 is 16.2 Å². The maximum absolute atomic E-state index is 10.0. The van der Waals surface area contributed by atoms with Gasteiger partial charge in [-0.1, -0.05) is 0 Å². The number of hydrogen-bond donors (Lipinski definition) is 2. The molecule has 0 atom stereocenters. The minimum atomic E-state index is -0.468. The highest BCUT2D eigenvalue weighted by molar-refractivity contribution is 5.67. The average Bonchev–Trinajstić information content (AvgIpc) is 1.65. The summed E-state index contributed by atoms with van der Waals surface area (Å²) >= 11 is 0. The molecule has 4 N–H and O–H groups in total. The molecule has 0 heterocycles. The number of hydrogen-bond acceptors (Lipinski definition) is 4. The Labute approximate surface area is 47.1 Å². The van der Waals surface area contributed by atoms with E-state index < -0.39 is 5.97 Å². The van der Waals surface area contributed by atoms with Crippen molar-refractivity contribution < 1.29 is 9.53 Å². The molecule has 0 saturated carbocycles. The zero-order valence-electron chi connectivity index (χ0n) is 4.55. The summed E-state index contributed by atoms with van der Waals surface area (Å²) < 4.78 is 4.27. The van der Waals surface area contributed by atoms with Gasteiger partial charge in [0.25, 0.3) is 0 Å². The molecule has 0 aliphatic rings. The van der Waals surface area contributed by atoms with Gasteiger partial charge in [-0.2, -0.15) is 0 Å². The zero-order chi connectivity index (χ0) is 6.57. The number of rotatable bonds is 1. The Hall–Kier alpha value is -1.19. The molecule has 0 aliphatic heterocycles. The lowest BCUT2D eigenvalue weighted by atomic mass is 10.8. The van der Waals surface area contributed by atoms with Gasteiger partial charge in [0, 0.05) is 6.92 Å². The van der Waals surface area contributed by atoms with Crippen molar-refractivity contribution in [3.05, 3.63) is 12.1 Å². The molecule has 4 nitrogen and oxygen atoms in total. The third kappa shape index (κ3) is 3.02. The Morgan fingerprint density at radius 1 is 1.75 bits per heavy atom. The van der Waals surface area contributed by atoms with E-state index >= 15 is 0 Å². The van der Waals surface area contributed by atoms with Gasteiger partial charge in [0.05, 0.1) is 6.20 Å². The minimum Gasteiger partial charge on any atom is -0.409 e. The summed E-state index contributed by atoms with van der Waals surface area (Å²) in [5.41, 5.74) is 9.82. The maximum Gasteiger partial charge on any atom is 0.309 e. The van der Waals surface area contributed by atoms with Crippen molar-refractivity contribution in [2.24, 2.45) is 11.5 Å². The molecular formula is C4H8N2O2. The normalized spacial score (nSPS) is 10.9. The van der Waals surface area contributed by atoms with E-state index in [1.165, 1.54) is 6.92 Å². The van der Waals surface area contributed by atoms with E-state index in [-0.39, 0.29) is 5.88 Å². The summed E-state index contributed by atoms with van der Waals surface area (Å²) in [5.74, 6) is -0.540. The molecule has 0 aliphatic carbocycles. The van der Waals surface area contributed by atoms with Crippen LogP contribution in [-0.4, -0.2) is 5.97 Å². The Morgan fingerprint density at radius 3 is 2.38 bits per heavy atom. The van der Waals surface area contributed by atoms with Crippen molar-refractivity contribution in [3.63, 3.8) is 0 Å². The molecule has 0 spiro atoms. The summed E-state index contributed by atoms with van der Waals surface area (Å²) in [7, 11) is 0. The topological polar surface area (TPSA) is 78.3 Å². The lowest BCUT2D eigenvalue weighted by Crippen LogP contribution is -2.08. The smallest absolute Gasteiger partial charge is 0.309 e. The van der Waals surface area contributed by atoms with E-state index in [0.29, 0.717) is 0 Å². The summed E-state index contributed by atoms with van der Waals surface area (Å²) in [6.45, 7) is 1.25. The third-order valence-electron chi connectivity index (χ3n) is 0.426. The molecular weight excluding hydrogens is 108 g/mol. The second-order valence-corrected chi connectivity index (χ2v) is 1.16. The lowest BCUT2D eigenvalue weighted by Gasteiger charge is -1.95. The molecule has 0 aromatic rings. The number of carbonyl (C=O) groups is 1. The molecule has 0 unspecified atom stereocenters. The first kappa shape index (κ1) is 6.81. The quantitative estimate of drug-likeness (QED) is 0.349. The molecule has 0 fully saturated rings. The SMILES string of the molecule is CC(=O)OC(N)=CN. The molecule has 0 bridgehead atoms. The number of carbonyl (C=O) groups excluding carboxylic acids is 1. The predicted molar refractivity (Wildman–Crippen MR) is 28.2 cm³/mol. The van der Waals surface area contributed by atoms with Gasteiger partial charge in [-0.25, -0.2) is 0 Å². The highest BCUT2D eigenvalue weighted by Crippen LogP contribution is 1.82. The van der Waals surface area contributed by atoms with Crippen LogP contribution in [0.25, 0.3) is 0 Å². The van der Waals surface area contributed by atoms with Gasteiger partial charge in [-0.15, -0.1) is 0 Å². The van der Waals surface area contributed by atoms with Crippen LogP contribution in [0.5, 0.6) is 0 Å². The van der Waals surface area contributed by atoms with E-state index in [4.69, 9.17) is 11.5 Å². The summed E-state index contributed by atoms with van der Waals surface area (Å²) in [6.07, 6.45) is 1.02. The molecule has 0 radical (unpaired) electrons. The molecule has 0 amide bonds. The highest BCUT2D eigenvalue weighted by Gasteiger charge is 1.91. The largest absolute Gasteiger partial charge is 0.409 e. The minimum absolute atomic E-state index is 0.0718. The summed E-state index contributed by atoms with van der Waals surface area (Å²) in [5, 5.41) is 0. The highest BCUT2D eigenvalue weighted by atomic mass is 16.5. The fraction of sp³-hybridized carbons (Fsp3) is 0.250. The van der Waals surface area contributed by atoms with E-state index in [1.54, 1.807) is 0 Å². The van der Waals surface area contributed by atoms with Gasteiger partial charge in [0.15, 0.2) is 0 Å². The van der Waals surface area contributed by atoms with Crippen molar-refractivity contribution in [1.29, 1.82) is 0 Å². The predicted octanol–water partition coefficient (Wildman–Crippen LogP) is -0.734. The van der Waals surface area contributed by atoms with Gasteiger partial charge >= 0.3 is 5.97 Å². The van der Waals surface area contributed by atoms with Crippen LogP contribution in [0.3, 0.4) is 0 Å². The van der Waals surface area contributed by atoms with E-state index in [9.17, 15) is 4.79 Å². The Morgan fingerprint density at radius 2 is 2.25 bits per heavy atom. The summed E-state index contributed by atoms with van der Waals surface area (Å²) in [4.78, 5) is 10.0. The van der Waals surface area contributed by atoms with Crippen molar-refractivity contribution in [3.8, 4) is 0 Å². The van der Waals surface area contributed by atoms with Crippen molar-refractivity contribution in [2.45, 2.75) is 6.92 Å². The van der Waals surface area contributed by atoms with Crippen molar-refractivity contribution in [2.75, 3.05) is 0 Å². The molecule has 0 aromatic heterocycles. The second-order valence-electron chi connectivity index (χ2n) is 1.16. The van der Waals surface area contributed by atoms with Crippen LogP contribution in [0.15, 0.2) is 12.1 Å². The fourth-order valence-corrected chi connectivity index (χ4v) is 0.200. The number of esters is 1. The van der Waals surface area contributed by atoms with Crippen LogP contribution in [0, 0.1) is 0 Å². The van der Waals surface area contributed by atoms with Crippen LogP contribution in [0.2, 0.25) is 0 Å². The Balaban J connectivity index is 3.56. The van der Waals surface area contributed by atoms with Crippen LogP contribution in [0.1, 0.15) is 6.92 Å². The molecule has 4 heteroatoms. The molecule has 46 valence electrons. The first-order chi connectivity index (χ1) is 3.66. The van der Waals surface area contributed by atoms with E-state index in [0.717, 1.165) is 6.20 Å². The molecule has 0 aromatic carbocycles. The Bertz CT molecular complexity index is 119. The third-order valence-corrected chi connectivity index (χ3v) is 0.426. The standard InChI is InChI=1S/C4H8N2O2/c1-3(7)8-4(6)2-5/h2H,5-6H2,1H3. The number of ether oxygens (including phenoxy) is 1. The number of nitrogens with two attached hydrogens (primary N) is 2. The van der Waals surface area contributed by atoms with Crippen molar-refractivity contribution in [1.82, 2.24) is 0 Å².